The van der Waals surface area contributed by atoms with Crippen LogP contribution in [-0.2, 0) is 11.2 Å². The van der Waals surface area contributed by atoms with Gasteiger partial charge in [0.2, 0.25) is 11.0 Å². The fourth-order valence-corrected chi connectivity index (χ4v) is 2.51. The Labute approximate surface area is 139 Å². The maximum absolute atomic E-state index is 11.9. The van der Waals surface area contributed by atoms with E-state index in [2.05, 4.69) is 15.5 Å². The minimum atomic E-state index is -0.253. The predicted octanol–water partition coefficient (Wildman–Crippen LogP) is 3.16. The lowest BCUT2D eigenvalue weighted by atomic mass is 10.2. The van der Waals surface area contributed by atoms with Crippen LogP contribution in [0.2, 0.25) is 0 Å². The second-order valence-corrected chi connectivity index (χ2v) is 5.58. The van der Waals surface area contributed by atoms with Gasteiger partial charge in [0.05, 0.1) is 13.7 Å². The molecular formula is C16H19N3O3S. The first kappa shape index (κ1) is 17.0. The molecule has 23 heavy (non-hydrogen) atoms. The van der Waals surface area contributed by atoms with Crippen LogP contribution in [0.4, 0.5) is 5.13 Å². The van der Waals surface area contributed by atoms with Gasteiger partial charge in [-0.05, 0) is 37.1 Å². The molecule has 7 heteroatoms. The van der Waals surface area contributed by atoms with Crippen LogP contribution in [0.3, 0.4) is 0 Å². The van der Waals surface area contributed by atoms with E-state index in [1.54, 1.807) is 13.2 Å². The Hall–Kier alpha value is -2.41. The summed E-state index contributed by atoms with van der Waals surface area (Å²) in [5.41, 5.74) is 0.840. The van der Waals surface area contributed by atoms with Crippen LogP contribution in [0.25, 0.3) is 6.08 Å². The van der Waals surface area contributed by atoms with Crippen LogP contribution >= 0.6 is 11.3 Å². The molecule has 0 aliphatic rings. The Balaban J connectivity index is 2.02. The van der Waals surface area contributed by atoms with Crippen molar-refractivity contribution in [3.8, 4) is 11.5 Å². The second-order valence-electron chi connectivity index (χ2n) is 4.52. The van der Waals surface area contributed by atoms with Gasteiger partial charge < -0.3 is 9.47 Å². The number of hydrogen-bond donors (Lipinski definition) is 1. The number of anilines is 1. The summed E-state index contributed by atoms with van der Waals surface area (Å²) in [5, 5.41) is 11.9. The van der Waals surface area contributed by atoms with Crippen LogP contribution in [0.5, 0.6) is 11.5 Å². The molecule has 1 aromatic heterocycles. The third-order valence-corrected chi connectivity index (χ3v) is 3.90. The Kier molecular flexibility index (Phi) is 6.10. The van der Waals surface area contributed by atoms with Crippen molar-refractivity contribution in [1.82, 2.24) is 10.2 Å². The zero-order valence-corrected chi connectivity index (χ0v) is 14.1. The van der Waals surface area contributed by atoms with E-state index in [9.17, 15) is 4.79 Å². The molecule has 6 nitrogen and oxygen atoms in total. The lowest BCUT2D eigenvalue weighted by Crippen LogP contribution is -2.07. The molecule has 0 aliphatic carbocycles. The standard InChI is InChI=1S/C16H19N3O3S/c1-4-15-18-19-16(23-15)17-14(20)9-7-11-6-8-12(22-5-2)13(10-11)21-3/h6-10H,4-5H2,1-3H3,(H,17,19,20). The molecule has 0 saturated heterocycles. The normalized spacial score (nSPS) is 10.7. The summed E-state index contributed by atoms with van der Waals surface area (Å²) in [6, 6.07) is 5.49. The Morgan fingerprint density at radius 2 is 2.13 bits per heavy atom. The van der Waals surface area contributed by atoms with E-state index >= 15 is 0 Å². The van der Waals surface area contributed by atoms with E-state index in [1.165, 1.54) is 17.4 Å². The summed E-state index contributed by atoms with van der Waals surface area (Å²) < 4.78 is 10.7. The summed E-state index contributed by atoms with van der Waals surface area (Å²) in [6.45, 7) is 4.47. The van der Waals surface area contributed by atoms with Crippen molar-refractivity contribution in [2.45, 2.75) is 20.3 Å². The largest absolute Gasteiger partial charge is 0.493 e. The molecule has 1 heterocycles. The number of amides is 1. The summed E-state index contributed by atoms with van der Waals surface area (Å²) in [4.78, 5) is 11.9. The van der Waals surface area contributed by atoms with E-state index in [1.807, 2.05) is 32.0 Å². The minimum Gasteiger partial charge on any atom is -0.493 e. The molecular weight excluding hydrogens is 314 g/mol. The van der Waals surface area contributed by atoms with Gasteiger partial charge in [0.25, 0.3) is 0 Å². The maximum Gasteiger partial charge on any atom is 0.250 e. The minimum absolute atomic E-state index is 0.253. The third kappa shape index (κ3) is 4.79. The highest BCUT2D eigenvalue weighted by Crippen LogP contribution is 2.28. The fourth-order valence-electron chi connectivity index (χ4n) is 1.83. The molecule has 1 N–H and O–H groups in total. The molecule has 122 valence electrons. The van der Waals surface area contributed by atoms with Crippen LogP contribution in [0.15, 0.2) is 24.3 Å². The Bertz CT molecular complexity index is 698. The van der Waals surface area contributed by atoms with Gasteiger partial charge in [-0.15, -0.1) is 10.2 Å². The first-order chi connectivity index (χ1) is 11.2. The van der Waals surface area contributed by atoms with Crippen molar-refractivity contribution in [3.63, 3.8) is 0 Å². The van der Waals surface area contributed by atoms with E-state index in [0.717, 1.165) is 17.0 Å². The number of hydrogen-bond acceptors (Lipinski definition) is 6. The van der Waals surface area contributed by atoms with Gasteiger partial charge in [0, 0.05) is 6.08 Å². The number of nitrogens with one attached hydrogen (secondary N) is 1. The van der Waals surface area contributed by atoms with Crippen LogP contribution in [0, 0.1) is 0 Å². The smallest absolute Gasteiger partial charge is 0.250 e. The molecule has 0 aliphatic heterocycles. The number of rotatable bonds is 7. The summed E-state index contributed by atoms with van der Waals surface area (Å²) in [5.74, 6) is 1.06. The van der Waals surface area contributed by atoms with Gasteiger partial charge in [-0.3, -0.25) is 10.1 Å². The highest BCUT2D eigenvalue weighted by molar-refractivity contribution is 7.15. The van der Waals surface area contributed by atoms with Crippen molar-refractivity contribution < 1.29 is 14.3 Å². The molecule has 2 rings (SSSR count). The van der Waals surface area contributed by atoms with E-state index < -0.39 is 0 Å². The highest BCUT2D eigenvalue weighted by atomic mass is 32.1. The number of aryl methyl sites for hydroxylation is 1. The first-order valence-electron chi connectivity index (χ1n) is 7.28. The van der Waals surface area contributed by atoms with Gasteiger partial charge in [0.1, 0.15) is 5.01 Å². The molecule has 0 radical (unpaired) electrons. The summed E-state index contributed by atoms with van der Waals surface area (Å²) >= 11 is 1.37. The number of methoxy groups -OCH3 is 1. The highest BCUT2D eigenvalue weighted by Gasteiger charge is 2.06. The topological polar surface area (TPSA) is 73.3 Å². The quantitative estimate of drug-likeness (QED) is 0.788. The molecule has 0 saturated carbocycles. The number of benzene rings is 1. The number of aromatic nitrogens is 2. The van der Waals surface area contributed by atoms with Gasteiger partial charge in [0.15, 0.2) is 11.5 Å². The second kappa shape index (κ2) is 8.28. The zero-order valence-electron chi connectivity index (χ0n) is 13.3. The van der Waals surface area contributed by atoms with Crippen molar-refractivity contribution >= 4 is 28.5 Å². The predicted molar refractivity (Wildman–Crippen MR) is 91.1 cm³/mol. The number of nitrogens with zero attached hydrogens (tertiary/aromatic N) is 2. The fraction of sp³-hybridized carbons (Fsp3) is 0.312. The van der Waals surface area contributed by atoms with Crippen molar-refractivity contribution in [3.05, 3.63) is 34.8 Å². The van der Waals surface area contributed by atoms with Crippen molar-refractivity contribution in [2.75, 3.05) is 19.0 Å². The molecule has 1 aromatic carbocycles. The molecule has 0 fully saturated rings. The molecule has 0 atom stereocenters. The average Bonchev–Trinajstić information content (AvgIpc) is 3.01. The van der Waals surface area contributed by atoms with Gasteiger partial charge in [-0.1, -0.05) is 24.3 Å². The van der Waals surface area contributed by atoms with E-state index in [0.29, 0.717) is 23.2 Å². The van der Waals surface area contributed by atoms with Crippen LogP contribution in [0.1, 0.15) is 24.4 Å². The Morgan fingerprint density at radius 3 is 2.78 bits per heavy atom. The third-order valence-electron chi connectivity index (χ3n) is 2.91. The Morgan fingerprint density at radius 1 is 1.30 bits per heavy atom. The number of carbonyl (C=O) groups is 1. The molecule has 0 spiro atoms. The van der Waals surface area contributed by atoms with Gasteiger partial charge in [-0.25, -0.2) is 0 Å². The van der Waals surface area contributed by atoms with Crippen LogP contribution < -0.4 is 14.8 Å². The van der Waals surface area contributed by atoms with Crippen LogP contribution in [-0.4, -0.2) is 29.8 Å². The number of ether oxygens (including phenoxy) is 2. The van der Waals surface area contributed by atoms with E-state index in [4.69, 9.17) is 9.47 Å². The van der Waals surface area contributed by atoms with Crippen molar-refractivity contribution in [2.24, 2.45) is 0 Å². The van der Waals surface area contributed by atoms with Gasteiger partial charge in [-0.2, -0.15) is 0 Å². The molecule has 0 bridgehead atoms. The SMILES string of the molecule is CCOc1ccc(C=CC(=O)Nc2nnc(CC)s2)cc1OC. The maximum atomic E-state index is 11.9. The lowest BCUT2D eigenvalue weighted by Gasteiger charge is -2.09. The number of carbonyl (C=O) groups excluding carboxylic acids is 1. The summed E-state index contributed by atoms with van der Waals surface area (Å²) in [7, 11) is 1.58. The zero-order chi connectivity index (χ0) is 16.7. The van der Waals surface area contributed by atoms with Gasteiger partial charge >= 0.3 is 0 Å². The van der Waals surface area contributed by atoms with E-state index in [-0.39, 0.29) is 5.91 Å². The molecule has 2 aromatic rings. The lowest BCUT2D eigenvalue weighted by molar-refractivity contribution is -0.111. The first-order valence-corrected chi connectivity index (χ1v) is 8.10. The molecule has 0 unspecified atom stereocenters. The monoisotopic (exact) mass is 333 g/mol. The molecule has 1 amide bonds. The summed E-state index contributed by atoms with van der Waals surface area (Å²) in [6.07, 6.45) is 3.95. The van der Waals surface area contributed by atoms with Crippen molar-refractivity contribution in [1.29, 1.82) is 0 Å². The average molecular weight is 333 g/mol.